The van der Waals surface area contributed by atoms with Crippen LogP contribution in [0.4, 0.5) is 15.8 Å². The van der Waals surface area contributed by atoms with Gasteiger partial charge in [0.2, 0.25) is 0 Å². The molecule has 0 unspecified atom stereocenters. The molecule has 1 aromatic rings. The van der Waals surface area contributed by atoms with Crippen LogP contribution in [0.3, 0.4) is 0 Å². The first-order chi connectivity index (χ1) is 8.70. The Morgan fingerprint density at radius 1 is 1.44 bits per heavy atom. The van der Waals surface area contributed by atoms with E-state index in [1.54, 1.807) is 6.07 Å². The van der Waals surface area contributed by atoms with Gasteiger partial charge in [-0.15, -0.1) is 0 Å². The van der Waals surface area contributed by atoms with Gasteiger partial charge in [-0.2, -0.15) is 0 Å². The van der Waals surface area contributed by atoms with Crippen LogP contribution in [0.1, 0.15) is 32.6 Å². The van der Waals surface area contributed by atoms with Crippen LogP contribution in [0, 0.1) is 11.7 Å². The van der Waals surface area contributed by atoms with E-state index < -0.39 is 5.82 Å². The third kappa shape index (κ3) is 3.52. The molecule has 1 aliphatic rings. The summed E-state index contributed by atoms with van der Waals surface area (Å²) in [6.07, 6.45) is 4.69. The molecule has 0 spiro atoms. The van der Waals surface area contributed by atoms with Crippen LogP contribution in [0.15, 0.2) is 12.1 Å². The van der Waals surface area contributed by atoms with Crippen LogP contribution in [0.5, 0.6) is 5.75 Å². The van der Waals surface area contributed by atoms with E-state index in [0.717, 1.165) is 31.0 Å². The van der Waals surface area contributed by atoms with Crippen LogP contribution in [0.2, 0.25) is 0 Å². The molecule has 3 nitrogen and oxygen atoms in total. The van der Waals surface area contributed by atoms with E-state index in [9.17, 15) is 4.39 Å². The molecule has 3 N–H and O–H groups in total. The van der Waals surface area contributed by atoms with E-state index >= 15 is 0 Å². The number of nitrogen functional groups attached to an aromatic ring is 1. The van der Waals surface area contributed by atoms with Crippen molar-refractivity contribution in [3.8, 4) is 5.75 Å². The maximum atomic E-state index is 13.6. The molecule has 0 atom stereocenters. The molecule has 0 aromatic heterocycles. The van der Waals surface area contributed by atoms with Crippen molar-refractivity contribution in [2.45, 2.75) is 32.6 Å². The van der Waals surface area contributed by atoms with Crippen LogP contribution < -0.4 is 15.8 Å². The lowest BCUT2D eigenvalue weighted by Crippen LogP contribution is -2.06. The highest BCUT2D eigenvalue weighted by Crippen LogP contribution is 2.33. The topological polar surface area (TPSA) is 47.3 Å². The molecule has 18 heavy (non-hydrogen) atoms. The third-order valence-electron chi connectivity index (χ3n) is 3.13. The minimum Gasteiger partial charge on any atom is -0.490 e. The van der Waals surface area contributed by atoms with E-state index in [0.29, 0.717) is 12.3 Å². The lowest BCUT2D eigenvalue weighted by Gasteiger charge is -2.12. The Balaban J connectivity index is 1.97. The summed E-state index contributed by atoms with van der Waals surface area (Å²) >= 11 is 0. The maximum absolute atomic E-state index is 13.6. The number of hydrogen-bond donors (Lipinski definition) is 2. The molecule has 0 aliphatic heterocycles. The molecule has 0 heterocycles. The SMILES string of the molecule is CCCOc1cc(NCCC2CC2)c(N)cc1F. The quantitative estimate of drug-likeness (QED) is 0.731. The Labute approximate surface area is 108 Å². The minimum absolute atomic E-state index is 0.278. The van der Waals surface area contributed by atoms with Crippen molar-refractivity contribution in [3.63, 3.8) is 0 Å². The first-order valence-corrected chi connectivity index (χ1v) is 6.66. The van der Waals surface area contributed by atoms with Gasteiger partial charge in [0, 0.05) is 18.7 Å². The van der Waals surface area contributed by atoms with Gasteiger partial charge in [-0.05, 0) is 18.8 Å². The fraction of sp³-hybridized carbons (Fsp3) is 0.571. The Bertz CT molecular complexity index is 405. The number of halogens is 1. The molecule has 0 amide bonds. The summed E-state index contributed by atoms with van der Waals surface area (Å²) in [6, 6.07) is 2.98. The van der Waals surface area contributed by atoms with E-state index in [1.807, 2.05) is 6.92 Å². The number of nitrogens with two attached hydrogens (primary N) is 1. The van der Waals surface area contributed by atoms with Crippen LogP contribution in [-0.2, 0) is 0 Å². The van der Waals surface area contributed by atoms with Gasteiger partial charge < -0.3 is 15.8 Å². The molecule has 4 heteroatoms. The summed E-state index contributed by atoms with van der Waals surface area (Å²) in [5.74, 6) is 0.753. The van der Waals surface area contributed by atoms with Crippen molar-refractivity contribution in [3.05, 3.63) is 17.9 Å². The molecule has 1 saturated carbocycles. The maximum Gasteiger partial charge on any atom is 0.167 e. The second kappa shape index (κ2) is 5.94. The molecular formula is C14H21FN2O. The largest absolute Gasteiger partial charge is 0.490 e. The molecule has 100 valence electrons. The molecular weight excluding hydrogens is 231 g/mol. The molecule has 0 saturated heterocycles. The molecule has 1 fully saturated rings. The summed E-state index contributed by atoms with van der Waals surface area (Å²) < 4.78 is 18.9. The Morgan fingerprint density at radius 2 is 2.22 bits per heavy atom. The Kier molecular flexibility index (Phi) is 4.28. The van der Waals surface area contributed by atoms with E-state index in [1.165, 1.54) is 18.9 Å². The second-order valence-electron chi connectivity index (χ2n) is 4.88. The lowest BCUT2D eigenvalue weighted by molar-refractivity contribution is 0.301. The number of anilines is 2. The molecule has 1 aliphatic carbocycles. The summed E-state index contributed by atoms with van der Waals surface area (Å²) in [5, 5.41) is 3.26. The first-order valence-electron chi connectivity index (χ1n) is 6.66. The molecule has 0 bridgehead atoms. The zero-order valence-corrected chi connectivity index (χ0v) is 10.8. The number of nitrogens with one attached hydrogen (secondary N) is 1. The highest BCUT2D eigenvalue weighted by atomic mass is 19.1. The van der Waals surface area contributed by atoms with Crippen LogP contribution in [0.25, 0.3) is 0 Å². The van der Waals surface area contributed by atoms with E-state index in [2.05, 4.69) is 5.32 Å². The van der Waals surface area contributed by atoms with Crippen LogP contribution in [-0.4, -0.2) is 13.2 Å². The summed E-state index contributed by atoms with van der Waals surface area (Å²) in [4.78, 5) is 0. The predicted octanol–water partition coefficient (Wildman–Crippen LogP) is 3.41. The van der Waals surface area contributed by atoms with Gasteiger partial charge in [0.1, 0.15) is 0 Å². The van der Waals surface area contributed by atoms with Gasteiger partial charge in [0.25, 0.3) is 0 Å². The summed E-state index contributed by atoms with van der Waals surface area (Å²) in [5.41, 5.74) is 7.00. The van der Waals surface area contributed by atoms with Crippen LogP contribution >= 0.6 is 0 Å². The number of hydrogen-bond acceptors (Lipinski definition) is 3. The standard InChI is InChI=1S/C14H21FN2O/c1-2-7-18-14-9-13(12(16)8-11(14)15)17-6-5-10-3-4-10/h8-10,17H,2-7,16H2,1H3. The highest BCUT2D eigenvalue weighted by Gasteiger charge is 2.20. The van der Waals surface area contributed by atoms with Gasteiger partial charge in [-0.25, -0.2) is 4.39 Å². The monoisotopic (exact) mass is 252 g/mol. The minimum atomic E-state index is -0.395. The summed E-state index contributed by atoms with van der Waals surface area (Å²) in [6.45, 7) is 3.39. The zero-order valence-electron chi connectivity index (χ0n) is 10.8. The number of benzene rings is 1. The highest BCUT2D eigenvalue weighted by molar-refractivity contribution is 5.68. The van der Waals surface area contributed by atoms with Crippen molar-refractivity contribution in [1.82, 2.24) is 0 Å². The number of rotatable bonds is 7. The average molecular weight is 252 g/mol. The van der Waals surface area contributed by atoms with Gasteiger partial charge >= 0.3 is 0 Å². The first kappa shape index (κ1) is 13.0. The fourth-order valence-electron chi connectivity index (χ4n) is 1.86. The Hall–Kier alpha value is -1.45. The normalized spacial score (nSPS) is 14.6. The van der Waals surface area contributed by atoms with Gasteiger partial charge in [-0.1, -0.05) is 19.8 Å². The lowest BCUT2D eigenvalue weighted by atomic mass is 10.2. The summed E-state index contributed by atoms with van der Waals surface area (Å²) in [7, 11) is 0. The molecule has 0 radical (unpaired) electrons. The average Bonchev–Trinajstić information content (AvgIpc) is 3.14. The third-order valence-corrected chi connectivity index (χ3v) is 3.13. The van der Waals surface area contributed by atoms with Crippen molar-refractivity contribution in [1.29, 1.82) is 0 Å². The predicted molar refractivity (Wildman–Crippen MR) is 72.4 cm³/mol. The van der Waals surface area contributed by atoms with Crippen molar-refractivity contribution < 1.29 is 9.13 Å². The zero-order chi connectivity index (χ0) is 13.0. The Morgan fingerprint density at radius 3 is 2.89 bits per heavy atom. The molecule has 1 aromatic carbocycles. The van der Waals surface area contributed by atoms with Crippen molar-refractivity contribution >= 4 is 11.4 Å². The molecule has 2 rings (SSSR count). The van der Waals surface area contributed by atoms with Gasteiger partial charge in [-0.3, -0.25) is 0 Å². The number of ether oxygens (including phenoxy) is 1. The van der Waals surface area contributed by atoms with E-state index in [-0.39, 0.29) is 5.75 Å². The van der Waals surface area contributed by atoms with E-state index in [4.69, 9.17) is 10.5 Å². The smallest absolute Gasteiger partial charge is 0.167 e. The van der Waals surface area contributed by atoms with Crippen molar-refractivity contribution in [2.75, 3.05) is 24.2 Å². The van der Waals surface area contributed by atoms with Gasteiger partial charge in [0.05, 0.1) is 18.0 Å². The second-order valence-corrected chi connectivity index (χ2v) is 4.88. The van der Waals surface area contributed by atoms with Gasteiger partial charge in [0.15, 0.2) is 11.6 Å². The van der Waals surface area contributed by atoms with Crippen molar-refractivity contribution in [2.24, 2.45) is 5.92 Å². The fourth-order valence-corrected chi connectivity index (χ4v) is 1.86.